The number of thiophene rings is 1. The van der Waals surface area contributed by atoms with Crippen LogP contribution in [0, 0.1) is 0 Å². The minimum absolute atomic E-state index is 1.15. The molecule has 4 aromatic heterocycles. The van der Waals surface area contributed by atoms with Crippen LogP contribution >= 0.6 is 11.3 Å². The maximum absolute atomic E-state index is 4.45. The lowest BCUT2D eigenvalue weighted by Crippen LogP contribution is -1.93. The van der Waals surface area contributed by atoms with E-state index in [1.54, 1.807) is 0 Å². The summed E-state index contributed by atoms with van der Waals surface area (Å²) < 4.78 is 7.34. The topological polar surface area (TPSA) is 22.8 Å². The van der Waals surface area contributed by atoms with Crippen molar-refractivity contribution in [3.05, 3.63) is 200 Å². The van der Waals surface area contributed by atoms with E-state index >= 15 is 0 Å². The van der Waals surface area contributed by atoms with E-state index in [1.165, 1.54) is 103 Å². The average Bonchev–Trinajstić information content (AvgIpc) is 3.94. The van der Waals surface area contributed by atoms with Crippen LogP contribution in [0.2, 0.25) is 0 Å². The summed E-state index contributed by atoms with van der Waals surface area (Å²) in [6.45, 7) is 0. The number of pyridine rings is 1. The van der Waals surface area contributed by atoms with Gasteiger partial charge in [-0.3, -0.25) is 4.98 Å². The Kier molecular flexibility index (Phi) is 7.10. The third-order valence-corrected chi connectivity index (χ3v) is 12.7. The summed E-state index contributed by atoms with van der Waals surface area (Å²) in [5, 5.41) is 7.43. The van der Waals surface area contributed by atoms with Gasteiger partial charge in [-0.1, -0.05) is 97.1 Å². The van der Waals surface area contributed by atoms with Crippen molar-refractivity contribution in [2.45, 2.75) is 0 Å². The van der Waals surface area contributed by atoms with Crippen LogP contribution < -0.4 is 0 Å². The minimum Gasteiger partial charge on any atom is -0.309 e. The molecular formula is C53H33N3S. The molecule has 0 spiro atoms. The molecule has 12 rings (SSSR count). The maximum Gasteiger partial charge on any atom is 0.0541 e. The molecule has 0 aliphatic heterocycles. The molecule has 0 saturated carbocycles. The van der Waals surface area contributed by atoms with Crippen LogP contribution in [0.4, 0.5) is 0 Å². The Bertz CT molecular complexity index is 3520. The fraction of sp³-hybridized carbons (Fsp3) is 0. The highest BCUT2D eigenvalue weighted by Crippen LogP contribution is 2.41. The summed E-state index contributed by atoms with van der Waals surface area (Å²) in [4.78, 5) is 4.45. The number of rotatable bonds is 5. The van der Waals surface area contributed by atoms with Gasteiger partial charge in [0.15, 0.2) is 0 Å². The summed E-state index contributed by atoms with van der Waals surface area (Å²) >= 11 is 1.82. The highest BCUT2D eigenvalue weighted by Gasteiger charge is 2.17. The molecule has 0 radical (unpaired) electrons. The Morgan fingerprint density at radius 3 is 1.49 bits per heavy atom. The van der Waals surface area contributed by atoms with Crippen molar-refractivity contribution in [3.63, 3.8) is 0 Å². The van der Waals surface area contributed by atoms with Crippen LogP contribution in [0.25, 0.3) is 109 Å². The van der Waals surface area contributed by atoms with Crippen molar-refractivity contribution in [2.75, 3.05) is 0 Å². The van der Waals surface area contributed by atoms with Gasteiger partial charge in [-0.2, -0.15) is 0 Å². The van der Waals surface area contributed by atoms with Crippen molar-refractivity contribution < 1.29 is 0 Å². The molecule has 0 aliphatic rings. The van der Waals surface area contributed by atoms with Gasteiger partial charge in [-0.15, -0.1) is 11.3 Å². The van der Waals surface area contributed by atoms with E-state index < -0.39 is 0 Å². The smallest absolute Gasteiger partial charge is 0.0541 e. The Balaban J connectivity index is 1.04. The molecule has 57 heavy (non-hydrogen) atoms. The number of nitrogens with zero attached hydrogens (tertiary/aromatic N) is 3. The summed E-state index contributed by atoms with van der Waals surface area (Å²) in [5.74, 6) is 0. The van der Waals surface area contributed by atoms with Gasteiger partial charge in [-0.05, 0) is 124 Å². The van der Waals surface area contributed by atoms with Crippen molar-refractivity contribution in [2.24, 2.45) is 0 Å². The second kappa shape index (κ2) is 12.6. The Hall–Kier alpha value is -7.27. The zero-order chi connectivity index (χ0) is 37.5. The van der Waals surface area contributed by atoms with E-state index in [0.717, 1.165) is 5.69 Å². The molecule has 4 heteroatoms. The molecular weight excluding hydrogens is 711 g/mol. The first-order valence-corrected chi connectivity index (χ1v) is 20.2. The van der Waals surface area contributed by atoms with Crippen molar-refractivity contribution in [1.82, 2.24) is 14.1 Å². The Morgan fingerprint density at radius 1 is 0.316 bits per heavy atom. The van der Waals surface area contributed by atoms with Gasteiger partial charge in [0.2, 0.25) is 0 Å². The second-order valence-electron chi connectivity index (χ2n) is 14.8. The van der Waals surface area contributed by atoms with Crippen LogP contribution in [-0.4, -0.2) is 14.1 Å². The molecule has 3 nitrogen and oxygen atoms in total. The lowest BCUT2D eigenvalue weighted by atomic mass is 9.92. The third kappa shape index (κ3) is 5.08. The predicted octanol–water partition coefficient (Wildman–Crippen LogP) is 14.6. The first-order valence-electron chi connectivity index (χ1n) is 19.3. The van der Waals surface area contributed by atoms with E-state index in [0.29, 0.717) is 0 Å². The number of aromatic nitrogens is 3. The average molecular weight is 744 g/mol. The van der Waals surface area contributed by atoms with Crippen LogP contribution in [0.1, 0.15) is 0 Å². The lowest BCUT2D eigenvalue weighted by molar-refractivity contribution is 1.18. The molecule has 0 unspecified atom stereocenters. The standard InChI is InChI=1S/C53H33N3S/c1-3-11-34(12-4-1)37-27-38(35-19-22-50-44(30-35)42-15-7-9-17-48(42)55(50)40-13-5-2-6-14-40)29-39(28-37)36-20-23-51-45(31-36)43-16-8-10-18-49(43)56(51)41-21-24-52-46(32-41)47-33-54-26-25-53(47)57-52/h1-33H. The molecule has 0 N–H and O–H groups in total. The normalized spacial score (nSPS) is 11.9. The molecule has 0 aliphatic carbocycles. The number of para-hydroxylation sites is 3. The third-order valence-electron chi connectivity index (χ3n) is 11.6. The summed E-state index contributed by atoms with van der Waals surface area (Å²) in [6.07, 6.45) is 3.88. The molecule has 0 fully saturated rings. The van der Waals surface area contributed by atoms with Gasteiger partial charge < -0.3 is 9.13 Å². The molecule has 0 amide bonds. The van der Waals surface area contributed by atoms with Crippen LogP contribution in [0.15, 0.2) is 200 Å². The van der Waals surface area contributed by atoms with Crippen molar-refractivity contribution in [1.29, 1.82) is 0 Å². The van der Waals surface area contributed by atoms with Gasteiger partial charge in [0.1, 0.15) is 0 Å². The number of fused-ring (bicyclic) bond motifs is 9. The first kappa shape index (κ1) is 32.0. The molecule has 0 saturated heterocycles. The Morgan fingerprint density at radius 2 is 0.842 bits per heavy atom. The van der Waals surface area contributed by atoms with Gasteiger partial charge in [0.25, 0.3) is 0 Å². The van der Waals surface area contributed by atoms with Gasteiger partial charge in [0.05, 0.1) is 22.1 Å². The fourth-order valence-corrected chi connectivity index (χ4v) is 10.00. The van der Waals surface area contributed by atoms with E-state index in [4.69, 9.17) is 0 Å². The number of hydrogen-bond donors (Lipinski definition) is 0. The number of hydrogen-bond acceptors (Lipinski definition) is 2. The molecule has 12 aromatic rings. The van der Waals surface area contributed by atoms with E-state index in [-0.39, 0.29) is 0 Å². The van der Waals surface area contributed by atoms with Crippen molar-refractivity contribution >= 4 is 75.1 Å². The minimum atomic E-state index is 1.15. The maximum atomic E-state index is 4.45. The fourth-order valence-electron chi connectivity index (χ4n) is 8.94. The highest BCUT2D eigenvalue weighted by atomic mass is 32.1. The number of benzene rings is 8. The van der Waals surface area contributed by atoms with E-state index in [1.807, 2.05) is 23.7 Å². The van der Waals surface area contributed by atoms with Gasteiger partial charge >= 0.3 is 0 Å². The van der Waals surface area contributed by atoms with Crippen LogP contribution in [0.5, 0.6) is 0 Å². The summed E-state index contributed by atoms with van der Waals surface area (Å²) in [7, 11) is 0. The molecule has 0 bridgehead atoms. The van der Waals surface area contributed by atoms with Crippen LogP contribution in [0.3, 0.4) is 0 Å². The zero-order valence-electron chi connectivity index (χ0n) is 30.8. The van der Waals surface area contributed by atoms with Crippen molar-refractivity contribution in [3.8, 4) is 44.8 Å². The van der Waals surface area contributed by atoms with Gasteiger partial charge in [-0.25, -0.2) is 0 Å². The molecule has 0 atom stereocenters. The lowest BCUT2D eigenvalue weighted by Gasteiger charge is -2.13. The molecule has 4 heterocycles. The van der Waals surface area contributed by atoms with E-state index in [9.17, 15) is 0 Å². The quantitative estimate of drug-likeness (QED) is 0.172. The summed E-state index contributed by atoms with van der Waals surface area (Å²) in [6, 6.07) is 69.0. The predicted molar refractivity (Wildman–Crippen MR) is 242 cm³/mol. The Labute approximate surface area is 333 Å². The highest BCUT2D eigenvalue weighted by molar-refractivity contribution is 7.25. The SMILES string of the molecule is c1ccc(-c2cc(-c3ccc4c(c3)c3ccccc3n4-c3ccccc3)cc(-c3ccc4c(c3)c3ccccc3n4-c3ccc4sc5ccncc5c4c3)c2)cc1. The molecule has 266 valence electrons. The van der Waals surface area contributed by atoms with E-state index in [2.05, 4.69) is 202 Å². The molecule has 8 aromatic carbocycles. The summed E-state index contributed by atoms with van der Waals surface area (Å²) in [5.41, 5.74) is 14.3. The largest absolute Gasteiger partial charge is 0.309 e. The van der Waals surface area contributed by atoms with Crippen LogP contribution in [-0.2, 0) is 0 Å². The monoisotopic (exact) mass is 743 g/mol. The van der Waals surface area contributed by atoms with Gasteiger partial charge in [0, 0.05) is 65.5 Å². The first-order chi connectivity index (χ1) is 28.2. The zero-order valence-corrected chi connectivity index (χ0v) is 31.6. The second-order valence-corrected chi connectivity index (χ2v) is 15.9.